The number of hydrogen-bond acceptors (Lipinski definition) is 8. The molecule has 0 aliphatic carbocycles. The number of carbonyl (C=O) groups is 3. The van der Waals surface area contributed by atoms with Crippen LogP contribution in [0.2, 0.25) is 0 Å². The molecule has 0 atom stereocenters. The van der Waals surface area contributed by atoms with Gasteiger partial charge >= 0.3 is 12.1 Å². The maximum absolute atomic E-state index is 12.6. The monoisotopic (exact) mass is 518 g/mol. The first-order valence-electron chi connectivity index (χ1n) is 10.4. The van der Waals surface area contributed by atoms with Crippen molar-refractivity contribution in [2.45, 2.75) is 11.1 Å². The van der Waals surface area contributed by atoms with Gasteiger partial charge < -0.3 is 19.5 Å². The molecule has 2 aromatic carbocycles. The Kier molecular flexibility index (Phi) is 7.44. The molecule has 36 heavy (non-hydrogen) atoms. The fourth-order valence-electron chi connectivity index (χ4n) is 3.08. The summed E-state index contributed by atoms with van der Waals surface area (Å²) in [6, 6.07) is 12.9. The van der Waals surface area contributed by atoms with Crippen LogP contribution in [0.3, 0.4) is 0 Å². The van der Waals surface area contributed by atoms with E-state index in [4.69, 9.17) is 14.2 Å². The number of thioether (sulfide) groups is 1. The highest BCUT2D eigenvalue weighted by Crippen LogP contribution is 2.33. The van der Waals surface area contributed by atoms with Crippen molar-refractivity contribution in [3.8, 4) is 11.5 Å². The van der Waals surface area contributed by atoms with E-state index in [-0.39, 0.29) is 23.9 Å². The Bertz CT molecular complexity index is 1300. The van der Waals surface area contributed by atoms with Crippen LogP contribution in [-0.2, 0) is 15.7 Å². The van der Waals surface area contributed by atoms with E-state index < -0.39 is 36.0 Å². The molecule has 0 radical (unpaired) electrons. The first kappa shape index (κ1) is 25.0. The molecule has 1 N–H and O–H groups in total. The molecule has 0 spiro atoms. The maximum Gasteiger partial charge on any atom is 0.417 e. The average molecular weight is 518 g/mol. The number of hydrogen-bond donors (Lipinski definition) is 1. The van der Waals surface area contributed by atoms with E-state index in [9.17, 15) is 27.6 Å². The number of nitrogens with one attached hydrogen (secondary N) is 1. The first-order valence-corrected chi connectivity index (χ1v) is 11.3. The molecule has 0 saturated carbocycles. The molecular formula is C24H17F3N2O6S. The number of anilines is 1. The Balaban J connectivity index is 1.32. The number of aromatic nitrogens is 1. The molecule has 0 fully saturated rings. The summed E-state index contributed by atoms with van der Waals surface area (Å²) >= 11 is 1.02. The van der Waals surface area contributed by atoms with Crippen molar-refractivity contribution in [2.75, 3.05) is 24.5 Å². The van der Waals surface area contributed by atoms with Gasteiger partial charge in [0.15, 0.2) is 23.9 Å². The van der Waals surface area contributed by atoms with Gasteiger partial charge in [-0.15, -0.1) is 11.8 Å². The molecule has 1 aliphatic rings. The van der Waals surface area contributed by atoms with Crippen molar-refractivity contribution >= 4 is 35.2 Å². The standard InChI is InChI=1S/C24H17F3N2O6S/c25-24(26,27)15-6-8-21(28-10-15)29-22(31)12-36-20-4-2-1-3-16(20)23(32)33-11-17(30)14-5-7-18-19(9-14)35-13-34-18/h1-10H,11-13H2,(H,28,29,31). The number of amides is 1. The van der Waals surface area contributed by atoms with Crippen molar-refractivity contribution < 1.29 is 41.8 Å². The molecule has 1 aromatic heterocycles. The van der Waals surface area contributed by atoms with Crippen molar-refractivity contribution in [3.63, 3.8) is 0 Å². The Morgan fingerprint density at radius 1 is 1.03 bits per heavy atom. The van der Waals surface area contributed by atoms with Crippen LogP contribution in [0.1, 0.15) is 26.3 Å². The number of ether oxygens (including phenoxy) is 3. The number of fused-ring (bicyclic) bond motifs is 1. The molecule has 1 aliphatic heterocycles. The van der Waals surface area contributed by atoms with Crippen molar-refractivity contribution in [2.24, 2.45) is 0 Å². The van der Waals surface area contributed by atoms with Crippen LogP contribution in [-0.4, -0.2) is 41.8 Å². The molecule has 2 heterocycles. The quantitative estimate of drug-likeness (QED) is 0.262. The second kappa shape index (κ2) is 10.7. The van der Waals surface area contributed by atoms with E-state index in [0.717, 1.165) is 23.9 Å². The highest BCUT2D eigenvalue weighted by atomic mass is 32.2. The van der Waals surface area contributed by atoms with E-state index in [2.05, 4.69) is 10.3 Å². The summed E-state index contributed by atoms with van der Waals surface area (Å²) in [6.45, 7) is -0.438. The summed E-state index contributed by atoms with van der Waals surface area (Å²) in [7, 11) is 0. The lowest BCUT2D eigenvalue weighted by Crippen LogP contribution is -2.17. The Hall–Kier alpha value is -4.06. The first-order chi connectivity index (χ1) is 17.2. The van der Waals surface area contributed by atoms with Gasteiger partial charge in [-0.3, -0.25) is 9.59 Å². The molecule has 12 heteroatoms. The molecule has 0 saturated heterocycles. The van der Waals surface area contributed by atoms with Crippen molar-refractivity contribution in [1.82, 2.24) is 4.98 Å². The Morgan fingerprint density at radius 3 is 2.56 bits per heavy atom. The van der Waals surface area contributed by atoms with Crippen LogP contribution >= 0.6 is 11.8 Å². The number of rotatable bonds is 8. The van der Waals surface area contributed by atoms with E-state index in [1.165, 1.54) is 18.2 Å². The molecular weight excluding hydrogens is 501 g/mol. The molecule has 4 rings (SSSR count). The van der Waals surface area contributed by atoms with Crippen LogP contribution in [0.5, 0.6) is 11.5 Å². The van der Waals surface area contributed by atoms with Gasteiger partial charge in [0.1, 0.15) is 5.82 Å². The number of nitrogens with zero attached hydrogens (tertiary/aromatic N) is 1. The summed E-state index contributed by atoms with van der Waals surface area (Å²) < 4.78 is 53.5. The molecule has 0 bridgehead atoms. The van der Waals surface area contributed by atoms with Gasteiger partial charge in [-0.2, -0.15) is 13.2 Å². The lowest BCUT2D eigenvalue weighted by atomic mass is 10.1. The fourth-order valence-corrected chi connectivity index (χ4v) is 3.92. The van der Waals surface area contributed by atoms with Gasteiger partial charge in [0.05, 0.1) is 16.9 Å². The minimum atomic E-state index is -4.53. The van der Waals surface area contributed by atoms with Gasteiger partial charge in [-0.05, 0) is 42.5 Å². The highest BCUT2D eigenvalue weighted by Gasteiger charge is 2.30. The number of benzene rings is 2. The zero-order valence-electron chi connectivity index (χ0n) is 18.3. The topological polar surface area (TPSA) is 104 Å². The Morgan fingerprint density at radius 2 is 1.81 bits per heavy atom. The van der Waals surface area contributed by atoms with Crippen LogP contribution < -0.4 is 14.8 Å². The molecule has 1 amide bonds. The van der Waals surface area contributed by atoms with E-state index in [1.54, 1.807) is 24.3 Å². The Labute approximate surface area is 206 Å². The third kappa shape index (κ3) is 6.13. The van der Waals surface area contributed by atoms with Gasteiger partial charge in [0, 0.05) is 16.7 Å². The van der Waals surface area contributed by atoms with Crippen LogP contribution in [0.4, 0.5) is 19.0 Å². The second-order valence-corrected chi connectivity index (χ2v) is 8.35. The molecule has 8 nitrogen and oxygen atoms in total. The zero-order chi connectivity index (χ0) is 25.7. The predicted molar refractivity (Wildman–Crippen MR) is 122 cm³/mol. The maximum atomic E-state index is 12.6. The lowest BCUT2D eigenvalue weighted by molar-refractivity contribution is -0.137. The van der Waals surface area contributed by atoms with Crippen LogP contribution in [0.15, 0.2) is 65.7 Å². The summed E-state index contributed by atoms with van der Waals surface area (Å²) in [5.41, 5.74) is -0.482. The van der Waals surface area contributed by atoms with E-state index >= 15 is 0 Å². The fraction of sp³-hybridized carbons (Fsp3) is 0.167. The number of Topliss-reactive ketones (excluding diaryl/α,β-unsaturated/α-hetero) is 1. The third-order valence-electron chi connectivity index (χ3n) is 4.85. The smallest absolute Gasteiger partial charge is 0.417 e. The predicted octanol–water partition coefficient (Wildman–Crippen LogP) is 4.60. The van der Waals surface area contributed by atoms with E-state index in [1.807, 2.05) is 0 Å². The van der Waals surface area contributed by atoms with Crippen LogP contribution in [0, 0.1) is 0 Å². The molecule has 186 valence electrons. The minimum absolute atomic E-state index is 0.0386. The lowest BCUT2D eigenvalue weighted by Gasteiger charge is -2.10. The molecule has 0 unspecified atom stereocenters. The third-order valence-corrected chi connectivity index (χ3v) is 5.93. The molecule has 3 aromatic rings. The van der Waals surface area contributed by atoms with E-state index in [0.29, 0.717) is 28.2 Å². The average Bonchev–Trinajstić information content (AvgIpc) is 3.34. The van der Waals surface area contributed by atoms with Gasteiger partial charge in [-0.25, -0.2) is 9.78 Å². The number of ketones is 1. The second-order valence-electron chi connectivity index (χ2n) is 7.33. The largest absolute Gasteiger partial charge is 0.454 e. The zero-order valence-corrected chi connectivity index (χ0v) is 19.2. The number of alkyl halides is 3. The normalized spacial score (nSPS) is 12.2. The van der Waals surface area contributed by atoms with Crippen molar-refractivity contribution in [3.05, 3.63) is 77.5 Å². The number of carbonyl (C=O) groups excluding carboxylic acids is 3. The number of halogens is 3. The highest BCUT2D eigenvalue weighted by molar-refractivity contribution is 8.00. The number of pyridine rings is 1. The minimum Gasteiger partial charge on any atom is -0.454 e. The van der Waals surface area contributed by atoms with Crippen molar-refractivity contribution in [1.29, 1.82) is 0 Å². The van der Waals surface area contributed by atoms with Gasteiger partial charge in [0.25, 0.3) is 0 Å². The summed E-state index contributed by atoms with van der Waals surface area (Å²) in [6.07, 6.45) is -3.91. The van der Waals surface area contributed by atoms with Crippen LogP contribution in [0.25, 0.3) is 0 Å². The van der Waals surface area contributed by atoms with Gasteiger partial charge in [0.2, 0.25) is 12.7 Å². The summed E-state index contributed by atoms with van der Waals surface area (Å²) in [5.74, 6) is -0.960. The SMILES string of the molecule is O=C(CSc1ccccc1C(=O)OCC(=O)c1ccc2c(c1)OCO2)Nc1ccc(C(F)(F)F)cn1. The van der Waals surface area contributed by atoms with Gasteiger partial charge in [-0.1, -0.05) is 12.1 Å². The summed E-state index contributed by atoms with van der Waals surface area (Å²) in [4.78, 5) is 41.3. The summed E-state index contributed by atoms with van der Waals surface area (Å²) in [5, 5.41) is 2.40. The number of esters is 1.